The summed E-state index contributed by atoms with van der Waals surface area (Å²) in [6, 6.07) is 9.93. The van der Waals surface area contributed by atoms with Gasteiger partial charge in [0.15, 0.2) is 6.61 Å². The molecule has 5 heteroatoms. The molecule has 0 unspecified atom stereocenters. The molecule has 2 aromatic rings. The molecule has 1 N–H and O–H groups in total. The Labute approximate surface area is 155 Å². The number of hydrogen-bond donors (Lipinski definition) is 1. The Bertz CT molecular complexity index is 686. The zero-order chi connectivity index (χ0) is 18.4. The van der Waals surface area contributed by atoms with Gasteiger partial charge in [0.2, 0.25) is 0 Å². The van der Waals surface area contributed by atoms with Crippen molar-refractivity contribution >= 4 is 5.91 Å². The molecule has 1 saturated heterocycles. The average Bonchev–Trinajstić information content (AvgIpc) is 3.15. The van der Waals surface area contributed by atoms with E-state index >= 15 is 0 Å². The van der Waals surface area contributed by atoms with Gasteiger partial charge in [0.1, 0.15) is 11.5 Å². The standard InChI is InChI=1S/C21H28N2O3/c1-16-11-17(2)13-18(12-16)26-15-21(24)22-14-19(20-7-6-10-25-20)23-8-4-3-5-9-23/h6-7,10-13,19H,3-5,8-9,14-15H2,1-2H3,(H,22,24)/t19-/m1/s1. The van der Waals surface area contributed by atoms with E-state index in [9.17, 15) is 4.79 Å². The largest absolute Gasteiger partial charge is 0.484 e. The molecule has 1 fully saturated rings. The molecule has 5 nitrogen and oxygen atoms in total. The van der Waals surface area contributed by atoms with E-state index in [0.29, 0.717) is 6.54 Å². The molecule has 1 aromatic carbocycles. The Morgan fingerprint density at radius 1 is 1.19 bits per heavy atom. The molecule has 1 aromatic heterocycles. The van der Waals surface area contributed by atoms with Gasteiger partial charge in [0.25, 0.3) is 5.91 Å². The van der Waals surface area contributed by atoms with Crippen molar-refractivity contribution in [2.24, 2.45) is 0 Å². The molecule has 2 heterocycles. The van der Waals surface area contributed by atoms with Crippen molar-refractivity contribution in [1.29, 1.82) is 0 Å². The normalized spacial score (nSPS) is 16.2. The van der Waals surface area contributed by atoms with Gasteiger partial charge in [-0.25, -0.2) is 0 Å². The van der Waals surface area contributed by atoms with E-state index in [-0.39, 0.29) is 18.6 Å². The molecule has 1 atom stereocenters. The zero-order valence-corrected chi connectivity index (χ0v) is 15.7. The van der Waals surface area contributed by atoms with Gasteiger partial charge in [-0.1, -0.05) is 12.5 Å². The molecular formula is C21H28N2O3. The van der Waals surface area contributed by atoms with Crippen LogP contribution in [0.1, 0.15) is 42.2 Å². The monoisotopic (exact) mass is 356 g/mol. The molecular weight excluding hydrogens is 328 g/mol. The fraction of sp³-hybridized carbons (Fsp3) is 0.476. The second kappa shape index (κ2) is 8.90. The lowest BCUT2D eigenvalue weighted by molar-refractivity contribution is -0.123. The van der Waals surface area contributed by atoms with Gasteiger partial charge in [-0.15, -0.1) is 0 Å². The van der Waals surface area contributed by atoms with Gasteiger partial charge in [-0.05, 0) is 75.2 Å². The van der Waals surface area contributed by atoms with Crippen molar-refractivity contribution in [2.75, 3.05) is 26.2 Å². The maximum Gasteiger partial charge on any atom is 0.258 e. The van der Waals surface area contributed by atoms with Crippen molar-refractivity contribution in [3.05, 3.63) is 53.5 Å². The number of rotatable bonds is 7. The van der Waals surface area contributed by atoms with Crippen LogP contribution in [0.3, 0.4) is 0 Å². The highest BCUT2D eigenvalue weighted by molar-refractivity contribution is 5.77. The zero-order valence-electron chi connectivity index (χ0n) is 15.7. The number of likely N-dealkylation sites (tertiary alicyclic amines) is 1. The number of furan rings is 1. The Balaban J connectivity index is 1.53. The molecule has 1 amide bonds. The molecule has 3 rings (SSSR count). The number of ether oxygens (including phenoxy) is 1. The summed E-state index contributed by atoms with van der Waals surface area (Å²) in [4.78, 5) is 14.7. The van der Waals surface area contributed by atoms with E-state index in [4.69, 9.17) is 9.15 Å². The van der Waals surface area contributed by atoms with Gasteiger partial charge in [0, 0.05) is 6.54 Å². The maximum absolute atomic E-state index is 12.3. The second-order valence-corrected chi connectivity index (χ2v) is 7.04. The van der Waals surface area contributed by atoms with Crippen LogP contribution in [0, 0.1) is 13.8 Å². The molecule has 26 heavy (non-hydrogen) atoms. The number of benzene rings is 1. The van der Waals surface area contributed by atoms with Crippen LogP contribution < -0.4 is 10.1 Å². The molecule has 1 aliphatic rings. The van der Waals surface area contributed by atoms with E-state index in [1.807, 2.05) is 38.1 Å². The minimum absolute atomic E-state index is 0.0216. The van der Waals surface area contributed by atoms with Gasteiger partial charge < -0.3 is 14.5 Å². The van der Waals surface area contributed by atoms with Crippen LogP contribution in [0.4, 0.5) is 0 Å². The van der Waals surface area contributed by atoms with Gasteiger partial charge >= 0.3 is 0 Å². The summed E-state index contributed by atoms with van der Waals surface area (Å²) in [7, 11) is 0. The fourth-order valence-electron chi connectivity index (χ4n) is 3.55. The summed E-state index contributed by atoms with van der Waals surface area (Å²) in [5.41, 5.74) is 2.26. The van der Waals surface area contributed by atoms with Crippen LogP contribution in [0.15, 0.2) is 41.0 Å². The Morgan fingerprint density at radius 2 is 1.92 bits per heavy atom. The summed E-state index contributed by atoms with van der Waals surface area (Å²) in [5.74, 6) is 1.52. The smallest absolute Gasteiger partial charge is 0.258 e. The van der Waals surface area contributed by atoms with Crippen LogP contribution in [0.25, 0.3) is 0 Å². The van der Waals surface area contributed by atoms with Crippen molar-refractivity contribution in [1.82, 2.24) is 10.2 Å². The van der Waals surface area contributed by atoms with Crippen LogP contribution >= 0.6 is 0 Å². The van der Waals surface area contributed by atoms with E-state index in [0.717, 1.165) is 35.7 Å². The maximum atomic E-state index is 12.3. The Morgan fingerprint density at radius 3 is 2.58 bits per heavy atom. The number of piperidine rings is 1. The molecule has 0 saturated carbocycles. The van der Waals surface area contributed by atoms with Crippen molar-refractivity contribution in [3.8, 4) is 5.75 Å². The number of carbonyl (C=O) groups excluding carboxylic acids is 1. The highest BCUT2D eigenvalue weighted by Crippen LogP contribution is 2.24. The molecule has 0 spiro atoms. The quantitative estimate of drug-likeness (QED) is 0.823. The Hall–Kier alpha value is -2.27. The molecule has 140 valence electrons. The van der Waals surface area contributed by atoms with Crippen LogP contribution in [-0.4, -0.2) is 37.0 Å². The predicted molar refractivity (Wildman–Crippen MR) is 101 cm³/mol. The van der Waals surface area contributed by atoms with Crippen molar-refractivity contribution in [3.63, 3.8) is 0 Å². The first-order chi connectivity index (χ1) is 12.6. The van der Waals surface area contributed by atoms with Crippen LogP contribution in [0.5, 0.6) is 5.75 Å². The van der Waals surface area contributed by atoms with E-state index in [1.165, 1.54) is 19.3 Å². The lowest BCUT2D eigenvalue weighted by atomic mass is 10.1. The van der Waals surface area contributed by atoms with Crippen molar-refractivity contribution < 1.29 is 13.9 Å². The fourth-order valence-corrected chi connectivity index (χ4v) is 3.55. The van der Waals surface area contributed by atoms with E-state index in [2.05, 4.69) is 16.3 Å². The summed E-state index contributed by atoms with van der Waals surface area (Å²) in [6.45, 7) is 6.68. The van der Waals surface area contributed by atoms with E-state index in [1.54, 1.807) is 6.26 Å². The topological polar surface area (TPSA) is 54.7 Å². The summed E-state index contributed by atoms with van der Waals surface area (Å²) < 4.78 is 11.3. The SMILES string of the molecule is Cc1cc(C)cc(OCC(=O)NC[C@H](c2ccco2)N2CCCCC2)c1. The number of nitrogens with one attached hydrogen (secondary N) is 1. The number of hydrogen-bond acceptors (Lipinski definition) is 4. The van der Waals surface area contributed by atoms with Gasteiger partial charge in [0.05, 0.1) is 12.3 Å². The summed E-state index contributed by atoms with van der Waals surface area (Å²) in [5, 5.41) is 3.00. The highest BCUT2D eigenvalue weighted by atomic mass is 16.5. The number of amides is 1. The number of aryl methyl sites for hydroxylation is 2. The molecule has 0 radical (unpaired) electrons. The summed E-state index contributed by atoms with van der Waals surface area (Å²) >= 11 is 0. The third-order valence-corrected chi connectivity index (χ3v) is 4.76. The lowest BCUT2D eigenvalue weighted by Gasteiger charge is -2.33. The summed E-state index contributed by atoms with van der Waals surface area (Å²) in [6.07, 6.45) is 5.36. The van der Waals surface area contributed by atoms with Crippen LogP contribution in [0.2, 0.25) is 0 Å². The van der Waals surface area contributed by atoms with Gasteiger partial charge in [-0.3, -0.25) is 9.69 Å². The molecule has 1 aliphatic heterocycles. The third kappa shape index (κ3) is 5.11. The Kier molecular flexibility index (Phi) is 6.34. The first-order valence-corrected chi connectivity index (χ1v) is 9.37. The minimum atomic E-state index is -0.113. The first-order valence-electron chi connectivity index (χ1n) is 9.37. The first kappa shape index (κ1) is 18.5. The number of nitrogens with zero attached hydrogens (tertiary/aromatic N) is 1. The van der Waals surface area contributed by atoms with E-state index < -0.39 is 0 Å². The van der Waals surface area contributed by atoms with Crippen LogP contribution in [-0.2, 0) is 4.79 Å². The third-order valence-electron chi connectivity index (χ3n) is 4.76. The molecule has 0 bridgehead atoms. The number of carbonyl (C=O) groups is 1. The lowest BCUT2D eigenvalue weighted by Crippen LogP contribution is -2.41. The minimum Gasteiger partial charge on any atom is -0.484 e. The van der Waals surface area contributed by atoms with Gasteiger partial charge in [-0.2, -0.15) is 0 Å². The van der Waals surface area contributed by atoms with Crippen molar-refractivity contribution in [2.45, 2.75) is 39.2 Å². The second-order valence-electron chi connectivity index (χ2n) is 7.04. The predicted octanol–water partition coefficient (Wildman–Crippen LogP) is 3.62. The average molecular weight is 356 g/mol. The highest BCUT2D eigenvalue weighted by Gasteiger charge is 2.24. The molecule has 0 aliphatic carbocycles.